The maximum absolute atomic E-state index is 12.7. The maximum Gasteiger partial charge on any atom is 0.303 e. The molecule has 0 aliphatic carbocycles. The Morgan fingerprint density at radius 1 is 1.07 bits per heavy atom. The van der Waals surface area contributed by atoms with Crippen molar-refractivity contribution < 1.29 is 14.7 Å². The van der Waals surface area contributed by atoms with Crippen LogP contribution in [0.15, 0.2) is 54.6 Å². The fraction of sp³-hybridized carbons (Fsp3) is 0.273. The third-order valence-corrected chi connectivity index (χ3v) is 4.76. The molecule has 0 aliphatic heterocycles. The molecule has 3 rings (SSSR count). The number of hydrogen-bond donors (Lipinski definition) is 3. The molecule has 5 heteroatoms. The zero-order valence-electron chi connectivity index (χ0n) is 15.4. The van der Waals surface area contributed by atoms with Gasteiger partial charge in [0.2, 0.25) is 5.91 Å². The molecule has 1 atom stereocenters. The van der Waals surface area contributed by atoms with Gasteiger partial charge in [-0.05, 0) is 37.0 Å². The molecule has 5 nitrogen and oxygen atoms in total. The summed E-state index contributed by atoms with van der Waals surface area (Å²) in [5.41, 5.74) is 4.07. The Morgan fingerprint density at radius 3 is 2.52 bits per heavy atom. The van der Waals surface area contributed by atoms with E-state index in [-0.39, 0.29) is 24.8 Å². The van der Waals surface area contributed by atoms with Crippen LogP contribution in [0.25, 0.3) is 10.9 Å². The molecule has 0 fully saturated rings. The summed E-state index contributed by atoms with van der Waals surface area (Å²) >= 11 is 0. The smallest absolute Gasteiger partial charge is 0.303 e. The van der Waals surface area contributed by atoms with E-state index in [9.17, 15) is 9.59 Å². The van der Waals surface area contributed by atoms with Gasteiger partial charge in [0, 0.05) is 29.1 Å². The average Bonchev–Trinajstić information content (AvgIpc) is 2.96. The molecule has 1 amide bonds. The first-order valence-electron chi connectivity index (χ1n) is 9.14. The molecule has 2 aromatic carbocycles. The lowest BCUT2D eigenvalue weighted by Gasteiger charge is -2.18. The average molecular weight is 364 g/mol. The third kappa shape index (κ3) is 4.97. The van der Waals surface area contributed by atoms with E-state index in [0.29, 0.717) is 12.8 Å². The summed E-state index contributed by atoms with van der Waals surface area (Å²) in [4.78, 5) is 27.0. The first-order chi connectivity index (χ1) is 13.0. The van der Waals surface area contributed by atoms with Crippen LogP contribution in [0.1, 0.15) is 29.7 Å². The first-order valence-corrected chi connectivity index (χ1v) is 9.14. The van der Waals surface area contributed by atoms with Gasteiger partial charge >= 0.3 is 5.97 Å². The topological polar surface area (TPSA) is 82.2 Å². The van der Waals surface area contributed by atoms with Crippen LogP contribution in [0, 0.1) is 6.92 Å². The van der Waals surface area contributed by atoms with Crippen molar-refractivity contribution in [3.05, 3.63) is 71.4 Å². The number of aliphatic carboxylic acids is 1. The first kappa shape index (κ1) is 18.7. The zero-order valence-corrected chi connectivity index (χ0v) is 15.4. The standard InChI is InChI=1S/C22H24N2O3/c1-15-19(18-9-5-6-10-20(18)23-15)14-21(25)24-17(11-12-22(26)27)13-16-7-3-2-4-8-16/h2-10,17,23H,11-14H2,1H3,(H,24,25)(H,26,27). The Balaban J connectivity index is 1.71. The van der Waals surface area contributed by atoms with Crippen LogP contribution >= 0.6 is 0 Å². The molecule has 1 aromatic heterocycles. The lowest BCUT2D eigenvalue weighted by Crippen LogP contribution is -2.37. The SMILES string of the molecule is Cc1[nH]c2ccccc2c1CC(=O)NC(CCC(=O)O)Cc1ccccc1. The highest BCUT2D eigenvalue weighted by atomic mass is 16.4. The van der Waals surface area contributed by atoms with E-state index in [1.807, 2.05) is 61.5 Å². The van der Waals surface area contributed by atoms with E-state index < -0.39 is 5.97 Å². The number of nitrogens with one attached hydrogen (secondary N) is 2. The molecule has 27 heavy (non-hydrogen) atoms. The predicted molar refractivity (Wildman–Crippen MR) is 106 cm³/mol. The minimum atomic E-state index is -0.852. The highest BCUT2D eigenvalue weighted by Crippen LogP contribution is 2.22. The molecule has 3 aromatic rings. The van der Waals surface area contributed by atoms with Gasteiger partial charge in [0.15, 0.2) is 0 Å². The summed E-state index contributed by atoms with van der Waals surface area (Å²) in [5, 5.41) is 13.1. The number of rotatable bonds is 8. The molecule has 0 spiro atoms. The van der Waals surface area contributed by atoms with Crippen LogP contribution in [-0.2, 0) is 22.4 Å². The van der Waals surface area contributed by atoms with Crippen LogP contribution < -0.4 is 5.32 Å². The fourth-order valence-corrected chi connectivity index (χ4v) is 3.42. The Bertz CT molecular complexity index is 931. The van der Waals surface area contributed by atoms with Gasteiger partial charge in [0.25, 0.3) is 0 Å². The Labute approximate surface area is 158 Å². The number of hydrogen-bond acceptors (Lipinski definition) is 2. The van der Waals surface area contributed by atoms with Crippen molar-refractivity contribution in [2.45, 2.75) is 38.6 Å². The quantitative estimate of drug-likeness (QED) is 0.571. The zero-order chi connectivity index (χ0) is 19.2. The molecule has 140 valence electrons. The third-order valence-electron chi connectivity index (χ3n) is 4.76. The summed E-state index contributed by atoms with van der Waals surface area (Å²) in [6.07, 6.45) is 1.33. The van der Waals surface area contributed by atoms with Crippen molar-refractivity contribution in [2.24, 2.45) is 0 Å². The minimum Gasteiger partial charge on any atom is -0.481 e. The Morgan fingerprint density at radius 2 is 1.78 bits per heavy atom. The fourth-order valence-electron chi connectivity index (χ4n) is 3.42. The van der Waals surface area contributed by atoms with Gasteiger partial charge in [-0.1, -0.05) is 48.5 Å². The lowest BCUT2D eigenvalue weighted by molar-refractivity contribution is -0.137. The molecule has 1 unspecified atom stereocenters. The summed E-state index contributed by atoms with van der Waals surface area (Å²) in [6.45, 7) is 1.97. The van der Waals surface area contributed by atoms with Crippen molar-refractivity contribution in [3.8, 4) is 0 Å². The van der Waals surface area contributed by atoms with Crippen LogP contribution in [0.2, 0.25) is 0 Å². The van der Waals surface area contributed by atoms with E-state index in [4.69, 9.17) is 5.11 Å². The molecule has 0 saturated heterocycles. The number of aromatic nitrogens is 1. The van der Waals surface area contributed by atoms with Gasteiger partial charge in [-0.25, -0.2) is 0 Å². The molecule has 0 bridgehead atoms. The Kier molecular flexibility index (Phi) is 5.91. The molecule has 0 aliphatic rings. The number of carboxylic acids is 1. The van der Waals surface area contributed by atoms with Crippen LogP contribution in [-0.4, -0.2) is 28.0 Å². The van der Waals surface area contributed by atoms with Gasteiger partial charge in [0.05, 0.1) is 6.42 Å². The van der Waals surface area contributed by atoms with Crippen LogP contribution in [0.5, 0.6) is 0 Å². The number of fused-ring (bicyclic) bond motifs is 1. The van der Waals surface area contributed by atoms with Crippen molar-refractivity contribution in [1.82, 2.24) is 10.3 Å². The predicted octanol–water partition coefficient (Wildman–Crippen LogP) is 3.61. The van der Waals surface area contributed by atoms with Gasteiger partial charge < -0.3 is 15.4 Å². The molecular weight excluding hydrogens is 340 g/mol. The number of H-pyrrole nitrogens is 1. The van der Waals surface area contributed by atoms with Crippen molar-refractivity contribution in [2.75, 3.05) is 0 Å². The molecule has 0 saturated carbocycles. The number of carbonyl (C=O) groups is 2. The summed E-state index contributed by atoms with van der Waals surface area (Å²) in [7, 11) is 0. The largest absolute Gasteiger partial charge is 0.481 e. The number of carboxylic acid groups (broad SMARTS) is 1. The molecule has 3 N–H and O–H groups in total. The second kappa shape index (κ2) is 8.54. The van der Waals surface area contributed by atoms with Crippen LogP contribution in [0.3, 0.4) is 0 Å². The number of carbonyl (C=O) groups excluding carboxylic acids is 1. The molecular formula is C22H24N2O3. The lowest BCUT2D eigenvalue weighted by atomic mass is 10.0. The number of amides is 1. The second-order valence-corrected chi connectivity index (χ2v) is 6.84. The summed E-state index contributed by atoms with van der Waals surface area (Å²) in [6, 6.07) is 17.5. The summed E-state index contributed by atoms with van der Waals surface area (Å²) < 4.78 is 0. The molecule has 0 radical (unpaired) electrons. The number of para-hydroxylation sites is 1. The highest BCUT2D eigenvalue weighted by Gasteiger charge is 2.17. The normalized spacial score (nSPS) is 12.0. The monoisotopic (exact) mass is 364 g/mol. The van der Waals surface area contributed by atoms with Gasteiger partial charge in [-0.2, -0.15) is 0 Å². The van der Waals surface area contributed by atoms with E-state index in [1.165, 1.54) is 0 Å². The summed E-state index contributed by atoms with van der Waals surface area (Å²) in [5.74, 6) is -0.941. The van der Waals surface area contributed by atoms with Crippen molar-refractivity contribution in [1.29, 1.82) is 0 Å². The van der Waals surface area contributed by atoms with Crippen molar-refractivity contribution in [3.63, 3.8) is 0 Å². The van der Waals surface area contributed by atoms with Crippen LogP contribution in [0.4, 0.5) is 0 Å². The Hall–Kier alpha value is -3.08. The van der Waals surface area contributed by atoms with Gasteiger partial charge in [-0.15, -0.1) is 0 Å². The van der Waals surface area contributed by atoms with Gasteiger partial charge in [-0.3, -0.25) is 9.59 Å². The van der Waals surface area contributed by atoms with E-state index in [2.05, 4.69) is 10.3 Å². The minimum absolute atomic E-state index is 0.0316. The van der Waals surface area contributed by atoms with E-state index in [1.54, 1.807) is 0 Å². The highest BCUT2D eigenvalue weighted by molar-refractivity contribution is 5.90. The van der Waals surface area contributed by atoms with E-state index >= 15 is 0 Å². The second-order valence-electron chi connectivity index (χ2n) is 6.84. The number of aryl methyl sites for hydroxylation is 1. The molecule has 1 heterocycles. The number of benzene rings is 2. The van der Waals surface area contributed by atoms with Gasteiger partial charge in [0.1, 0.15) is 0 Å². The maximum atomic E-state index is 12.7. The number of aromatic amines is 1. The van der Waals surface area contributed by atoms with E-state index in [0.717, 1.165) is 27.7 Å². The van der Waals surface area contributed by atoms with Crippen molar-refractivity contribution >= 4 is 22.8 Å².